The smallest absolute Gasteiger partial charge is 0.348 e. The lowest BCUT2D eigenvalue weighted by Crippen LogP contribution is -2.00. The lowest BCUT2D eigenvalue weighted by Gasteiger charge is -2.12. The summed E-state index contributed by atoms with van der Waals surface area (Å²) in [6.45, 7) is 5.74. The molecular weight excluding hydrogens is 274 g/mol. The maximum absolute atomic E-state index is 11.6. The number of nitrogen functional groups attached to an aromatic ring is 1. The number of thiophene rings is 1. The third-order valence-electron chi connectivity index (χ3n) is 3.06. The number of nitrogens with two attached hydrogens (primary N) is 1. The Morgan fingerprint density at radius 3 is 2.35 bits per heavy atom. The lowest BCUT2D eigenvalue weighted by atomic mass is 10.1. The minimum atomic E-state index is -0.340. The predicted molar refractivity (Wildman–Crippen MR) is 80.8 cm³/mol. The summed E-state index contributed by atoms with van der Waals surface area (Å²) in [7, 11) is 1.37. The van der Waals surface area contributed by atoms with Gasteiger partial charge < -0.3 is 15.2 Å². The Bertz CT molecular complexity index is 638. The zero-order chi connectivity index (χ0) is 14.9. The number of hydrogen-bond donors (Lipinski definition) is 1. The van der Waals surface area contributed by atoms with Crippen LogP contribution in [0.4, 0.5) is 5.69 Å². The highest BCUT2D eigenvalue weighted by molar-refractivity contribution is 7.12. The molecule has 1 heterocycles. The van der Waals surface area contributed by atoms with E-state index in [4.69, 9.17) is 15.2 Å². The summed E-state index contributed by atoms with van der Waals surface area (Å²) >= 11 is 1.32. The Morgan fingerprint density at radius 1 is 1.20 bits per heavy atom. The molecule has 0 aliphatic rings. The lowest BCUT2D eigenvalue weighted by molar-refractivity contribution is 0.0605. The van der Waals surface area contributed by atoms with E-state index in [1.54, 1.807) is 0 Å². The van der Waals surface area contributed by atoms with Crippen molar-refractivity contribution in [3.05, 3.63) is 39.1 Å². The van der Waals surface area contributed by atoms with Crippen molar-refractivity contribution in [2.45, 2.75) is 20.8 Å². The summed E-state index contributed by atoms with van der Waals surface area (Å²) in [5, 5.41) is 1.82. The second kappa shape index (κ2) is 5.54. The zero-order valence-electron chi connectivity index (χ0n) is 11.9. The van der Waals surface area contributed by atoms with Gasteiger partial charge in [0.05, 0.1) is 7.11 Å². The van der Waals surface area contributed by atoms with Gasteiger partial charge >= 0.3 is 5.97 Å². The van der Waals surface area contributed by atoms with Crippen LogP contribution in [0.25, 0.3) is 0 Å². The molecule has 0 amide bonds. The van der Waals surface area contributed by atoms with Crippen molar-refractivity contribution < 1.29 is 14.3 Å². The van der Waals surface area contributed by atoms with Crippen LogP contribution in [0.15, 0.2) is 17.5 Å². The summed E-state index contributed by atoms with van der Waals surface area (Å²) in [5.41, 5.74) is 9.23. The number of benzene rings is 1. The number of rotatable bonds is 3. The minimum absolute atomic E-state index is 0.340. The maximum atomic E-state index is 11.6. The van der Waals surface area contributed by atoms with Crippen LogP contribution >= 0.6 is 11.3 Å². The van der Waals surface area contributed by atoms with Gasteiger partial charge in [0.15, 0.2) is 0 Å². The first-order valence-corrected chi connectivity index (χ1v) is 7.03. The molecule has 0 unspecified atom stereocenters. The molecule has 0 saturated carbocycles. The van der Waals surface area contributed by atoms with Gasteiger partial charge in [-0.05, 0) is 44.0 Å². The quantitative estimate of drug-likeness (QED) is 0.689. The molecule has 0 atom stereocenters. The third kappa shape index (κ3) is 2.63. The number of methoxy groups -OCH3 is 1. The van der Waals surface area contributed by atoms with E-state index in [1.807, 2.05) is 38.3 Å². The van der Waals surface area contributed by atoms with E-state index in [2.05, 4.69) is 0 Å². The Labute approximate surface area is 122 Å². The summed E-state index contributed by atoms with van der Waals surface area (Å²) < 4.78 is 10.7. The van der Waals surface area contributed by atoms with Gasteiger partial charge in [0.1, 0.15) is 16.4 Å². The van der Waals surface area contributed by atoms with Gasteiger partial charge in [0, 0.05) is 16.6 Å². The first-order valence-electron chi connectivity index (χ1n) is 6.15. The van der Waals surface area contributed by atoms with Gasteiger partial charge in [-0.3, -0.25) is 0 Å². The number of carbonyl (C=O) groups is 1. The van der Waals surface area contributed by atoms with Crippen molar-refractivity contribution in [3.8, 4) is 11.5 Å². The molecule has 0 fully saturated rings. The van der Waals surface area contributed by atoms with E-state index in [0.29, 0.717) is 16.3 Å². The fraction of sp³-hybridized carbons (Fsp3) is 0.267. The molecular formula is C15H17NO3S. The van der Waals surface area contributed by atoms with Gasteiger partial charge in [-0.1, -0.05) is 0 Å². The molecule has 2 N–H and O–H groups in total. The predicted octanol–water partition coefficient (Wildman–Crippen LogP) is 3.83. The number of aryl methyl sites for hydroxylation is 2. The average Bonchev–Trinajstić information content (AvgIpc) is 2.74. The van der Waals surface area contributed by atoms with Gasteiger partial charge in [-0.25, -0.2) is 4.79 Å². The topological polar surface area (TPSA) is 61.5 Å². The highest BCUT2D eigenvalue weighted by atomic mass is 32.1. The third-order valence-corrected chi connectivity index (χ3v) is 4.10. The van der Waals surface area contributed by atoms with Gasteiger partial charge in [0.2, 0.25) is 0 Å². The summed E-state index contributed by atoms with van der Waals surface area (Å²) in [6, 6.07) is 3.73. The van der Waals surface area contributed by atoms with E-state index in [0.717, 1.165) is 22.4 Å². The molecule has 0 aliphatic heterocycles. The van der Waals surface area contributed by atoms with Gasteiger partial charge in [-0.2, -0.15) is 0 Å². The molecule has 2 aromatic rings. The molecule has 20 heavy (non-hydrogen) atoms. The fourth-order valence-corrected chi connectivity index (χ4v) is 2.96. The fourth-order valence-electron chi connectivity index (χ4n) is 2.05. The molecule has 0 spiro atoms. The van der Waals surface area contributed by atoms with Gasteiger partial charge in [-0.15, -0.1) is 11.3 Å². The molecule has 0 aliphatic carbocycles. The van der Waals surface area contributed by atoms with Crippen LogP contribution in [0.1, 0.15) is 26.4 Å². The summed E-state index contributed by atoms with van der Waals surface area (Å²) in [4.78, 5) is 12.2. The molecule has 106 valence electrons. The monoisotopic (exact) mass is 291 g/mol. The molecule has 2 rings (SSSR count). The van der Waals surface area contributed by atoms with E-state index in [1.165, 1.54) is 18.4 Å². The summed E-state index contributed by atoms with van der Waals surface area (Å²) in [6.07, 6.45) is 0. The second-order valence-corrected chi connectivity index (χ2v) is 5.51. The van der Waals surface area contributed by atoms with Crippen LogP contribution in [0.5, 0.6) is 11.5 Å². The van der Waals surface area contributed by atoms with Crippen LogP contribution in [0, 0.1) is 20.8 Å². The highest BCUT2D eigenvalue weighted by Crippen LogP contribution is 2.36. The van der Waals surface area contributed by atoms with Crippen molar-refractivity contribution in [1.29, 1.82) is 0 Å². The Hall–Kier alpha value is -2.01. The van der Waals surface area contributed by atoms with Crippen LogP contribution in [-0.4, -0.2) is 13.1 Å². The summed E-state index contributed by atoms with van der Waals surface area (Å²) in [5.74, 6) is 1.11. The molecule has 1 aromatic heterocycles. The van der Waals surface area contributed by atoms with Crippen molar-refractivity contribution in [1.82, 2.24) is 0 Å². The zero-order valence-corrected chi connectivity index (χ0v) is 12.8. The highest BCUT2D eigenvalue weighted by Gasteiger charge is 2.17. The van der Waals surface area contributed by atoms with Crippen molar-refractivity contribution >= 4 is 23.0 Å². The average molecular weight is 291 g/mol. The standard InChI is InChI=1S/C15H17NO3S/c1-8-5-11(16)6-9(2)13(8)19-12-7-20-14(10(12)3)15(17)18-4/h5-7H,16H2,1-4H3. The molecule has 0 bridgehead atoms. The van der Waals surface area contributed by atoms with E-state index >= 15 is 0 Å². The molecule has 1 aromatic carbocycles. The van der Waals surface area contributed by atoms with Crippen LogP contribution < -0.4 is 10.5 Å². The van der Waals surface area contributed by atoms with Crippen LogP contribution in [-0.2, 0) is 4.74 Å². The molecule has 0 saturated heterocycles. The first kappa shape index (κ1) is 14.4. The van der Waals surface area contributed by atoms with Crippen molar-refractivity contribution in [2.24, 2.45) is 0 Å². The molecule has 5 heteroatoms. The Morgan fingerprint density at radius 2 is 1.80 bits per heavy atom. The van der Waals surface area contributed by atoms with Crippen molar-refractivity contribution in [2.75, 3.05) is 12.8 Å². The van der Waals surface area contributed by atoms with Crippen molar-refractivity contribution in [3.63, 3.8) is 0 Å². The number of anilines is 1. The number of ether oxygens (including phenoxy) is 2. The van der Waals surface area contributed by atoms with E-state index in [-0.39, 0.29) is 5.97 Å². The molecule has 4 nitrogen and oxygen atoms in total. The Kier molecular flexibility index (Phi) is 3.99. The number of esters is 1. The maximum Gasteiger partial charge on any atom is 0.348 e. The van der Waals surface area contributed by atoms with Gasteiger partial charge in [0.25, 0.3) is 0 Å². The number of carbonyl (C=O) groups excluding carboxylic acids is 1. The van der Waals surface area contributed by atoms with E-state index in [9.17, 15) is 4.79 Å². The van der Waals surface area contributed by atoms with E-state index < -0.39 is 0 Å². The van der Waals surface area contributed by atoms with Crippen LogP contribution in [0.2, 0.25) is 0 Å². The largest absolute Gasteiger partial charge is 0.465 e. The SMILES string of the molecule is COC(=O)c1scc(Oc2c(C)cc(N)cc2C)c1C. The first-order chi connectivity index (χ1) is 9.43. The van der Waals surface area contributed by atoms with Crippen LogP contribution in [0.3, 0.4) is 0 Å². The number of hydrogen-bond acceptors (Lipinski definition) is 5. The minimum Gasteiger partial charge on any atom is -0.465 e. The second-order valence-electron chi connectivity index (χ2n) is 4.63. The Balaban J connectivity index is 2.36. The normalized spacial score (nSPS) is 10.4. The molecule has 0 radical (unpaired) electrons.